The minimum atomic E-state index is 0.0845. The monoisotopic (exact) mass is 297 g/mol. The van der Waals surface area contributed by atoms with Crippen LogP contribution in [0.1, 0.15) is 31.9 Å². The summed E-state index contributed by atoms with van der Waals surface area (Å²) < 4.78 is 0. The minimum absolute atomic E-state index is 0.0845. The summed E-state index contributed by atoms with van der Waals surface area (Å²) in [5, 5.41) is 3.35. The number of likely N-dealkylation sites (N-methyl/N-ethyl adjacent to an activating group) is 1. The van der Waals surface area contributed by atoms with Crippen molar-refractivity contribution >= 4 is 11.6 Å². The lowest BCUT2D eigenvalue weighted by molar-refractivity contribution is -0.117. The highest BCUT2D eigenvalue weighted by Crippen LogP contribution is 2.16. The second kappa shape index (κ2) is 8.29. The van der Waals surface area contributed by atoms with E-state index in [2.05, 4.69) is 17.2 Å². The van der Waals surface area contributed by atoms with Crippen molar-refractivity contribution in [1.29, 1.82) is 0 Å². The Labute approximate surface area is 132 Å². The zero-order chi connectivity index (χ0) is 15.8. The number of amides is 1. The number of nitrogens with zero attached hydrogens (tertiary/aromatic N) is 2. The van der Waals surface area contributed by atoms with Gasteiger partial charge < -0.3 is 10.2 Å². The maximum absolute atomic E-state index is 12.5. The average Bonchev–Trinajstić information content (AvgIpc) is 2.58. The van der Waals surface area contributed by atoms with Gasteiger partial charge in [0.15, 0.2) is 0 Å². The Kier molecular flexibility index (Phi) is 6.10. The second-order valence-corrected chi connectivity index (χ2v) is 5.10. The molecule has 1 N–H and O–H groups in total. The highest BCUT2D eigenvalue weighted by Gasteiger charge is 2.16. The number of hydrogen-bond donors (Lipinski definition) is 1. The number of carbonyl (C=O) groups excluding carboxylic acids is 1. The Morgan fingerprint density at radius 2 is 1.82 bits per heavy atom. The third kappa shape index (κ3) is 4.15. The molecule has 4 nitrogen and oxygen atoms in total. The van der Waals surface area contributed by atoms with Crippen molar-refractivity contribution in [3.05, 3.63) is 60.4 Å². The summed E-state index contributed by atoms with van der Waals surface area (Å²) in [7, 11) is 0. The lowest BCUT2D eigenvalue weighted by atomic mass is 10.1. The Morgan fingerprint density at radius 1 is 1.14 bits per heavy atom. The van der Waals surface area contributed by atoms with E-state index in [-0.39, 0.29) is 11.9 Å². The van der Waals surface area contributed by atoms with Gasteiger partial charge in [0.1, 0.15) is 0 Å². The number of anilines is 1. The predicted octanol–water partition coefficient (Wildman–Crippen LogP) is 3.18. The summed E-state index contributed by atoms with van der Waals surface area (Å²) in [6, 6.07) is 13.9. The average molecular weight is 297 g/mol. The Balaban J connectivity index is 1.99. The molecule has 1 amide bonds. The summed E-state index contributed by atoms with van der Waals surface area (Å²) in [6.07, 6.45) is 4.49. The maximum Gasteiger partial charge on any atom is 0.240 e. The fourth-order valence-corrected chi connectivity index (χ4v) is 2.51. The van der Waals surface area contributed by atoms with Crippen molar-refractivity contribution in [3.63, 3.8) is 0 Å². The van der Waals surface area contributed by atoms with Crippen LogP contribution >= 0.6 is 0 Å². The summed E-state index contributed by atoms with van der Waals surface area (Å²) >= 11 is 0. The molecular weight excluding hydrogens is 274 g/mol. The fourth-order valence-electron chi connectivity index (χ4n) is 2.51. The van der Waals surface area contributed by atoms with E-state index in [9.17, 15) is 4.79 Å². The maximum atomic E-state index is 12.5. The van der Waals surface area contributed by atoms with E-state index in [1.807, 2.05) is 49.4 Å². The molecule has 0 saturated heterocycles. The highest BCUT2D eigenvalue weighted by atomic mass is 16.2. The number of pyridine rings is 1. The lowest BCUT2D eigenvalue weighted by Crippen LogP contribution is -2.39. The number of carbonyl (C=O) groups is 1. The summed E-state index contributed by atoms with van der Waals surface area (Å²) in [4.78, 5) is 18.3. The van der Waals surface area contributed by atoms with Crippen molar-refractivity contribution in [3.8, 4) is 0 Å². The zero-order valence-corrected chi connectivity index (χ0v) is 13.2. The molecule has 0 aliphatic carbocycles. The van der Waals surface area contributed by atoms with Gasteiger partial charge in [-0.2, -0.15) is 0 Å². The summed E-state index contributed by atoms with van der Waals surface area (Å²) in [6.45, 7) is 5.09. The molecule has 22 heavy (non-hydrogen) atoms. The van der Waals surface area contributed by atoms with E-state index in [1.165, 1.54) is 0 Å². The van der Waals surface area contributed by atoms with E-state index < -0.39 is 0 Å². The molecule has 0 aliphatic heterocycles. The van der Waals surface area contributed by atoms with Gasteiger partial charge in [0, 0.05) is 30.7 Å². The van der Waals surface area contributed by atoms with Crippen LogP contribution in [0, 0.1) is 0 Å². The fraction of sp³-hybridized carbons (Fsp3) is 0.333. The predicted molar refractivity (Wildman–Crippen MR) is 89.7 cm³/mol. The topological polar surface area (TPSA) is 45.2 Å². The van der Waals surface area contributed by atoms with Gasteiger partial charge in [-0.15, -0.1) is 0 Å². The number of nitrogens with one attached hydrogen (secondary N) is 1. The van der Waals surface area contributed by atoms with Crippen molar-refractivity contribution in [1.82, 2.24) is 10.3 Å². The van der Waals surface area contributed by atoms with Gasteiger partial charge in [-0.1, -0.05) is 25.1 Å². The molecule has 0 aliphatic rings. The van der Waals surface area contributed by atoms with E-state index >= 15 is 0 Å². The first-order chi connectivity index (χ1) is 10.8. The molecule has 0 spiro atoms. The van der Waals surface area contributed by atoms with Crippen molar-refractivity contribution in [2.75, 3.05) is 18.0 Å². The smallest absolute Gasteiger partial charge is 0.240 e. The molecule has 0 saturated carbocycles. The van der Waals surface area contributed by atoms with Gasteiger partial charge >= 0.3 is 0 Å². The number of hydrogen-bond acceptors (Lipinski definition) is 3. The van der Waals surface area contributed by atoms with Gasteiger partial charge in [-0.25, -0.2) is 0 Å². The van der Waals surface area contributed by atoms with Crippen LogP contribution in [0.4, 0.5) is 5.69 Å². The second-order valence-electron chi connectivity index (χ2n) is 5.10. The molecule has 1 atom stereocenters. The van der Waals surface area contributed by atoms with Crippen LogP contribution in [0.5, 0.6) is 0 Å². The Bertz CT molecular complexity index is 571. The van der Waals surface area contributed by atoms with Crippen LogP contribution in [0.15, 0.2) is 54.9 Å². The first-order valence-corrected chi connectivity index (χ1v) is 7.75. The molecule has 0 radical (unpaired) electrons. The Hall–Kier alpha value is -2.20. The lowest BCUT2D eigenvalue weighted by Gasteiger charge is -2.23. The quantitative estimate of drug-likeness (QED) is 0.853. The molecule has 0 fully saturated rings. The first-order valence-electron chi connectivity index (χ1n) is 7.75. The van der Waals surface area contributed by atoms with Gasteiger partial charge in [0.2, 0.25) is 5.91 Å². The molecule has 1 aromatic heterocycles. The molecule has 2 aromatic rings. The third-order valence-corrected chi connectivity index (χ3v) is 3.70. The highest BCUT2D eigenvalue weighted by molar-refractivity contribution is 5.94. The van der Waals surface area contributed by atoms with Crippen molar-refractivity contribution in [2.24, 2.45) is 0 Å². The van der Waals surface area contributed by atoms with E-state index in [4.69, 9.17) is 0 Å². The Morgan fingerprint density at radius 3 is 2.41 bits per heavy atom. The molecule has 1 heterocycles. The van der Waals surface area contributed by atoms with Crippen LogP contribution in [0.25, 0.3) is 0 Å². The molecule has 2 rings (SSSR count). The molecular formula is C18H23N3O. The van der Waals surface area contributed by atoms with Crippen molar-refractivity contribution in [2.45, 2.75) is 26.3 Å². The number of rotatable bonds is 7. The van der Waals surface area contributed by atoms with Crippen LogP contribution in [-0.2, 0) is 4.79 Å². The van der Waals surface area contributed by atoms with Crippen LogP contribution < -0.4 is 10.2 Å². The minimum Gasteiger partial charge on any atom is -0.312 e. The normalized spacial score (nSPS) is 11.9. The van der Waals surface area contributed by atoms with Crippen LogP contribution in [0.2, 0.25) is 0 Å². The third-order valence-electron chi connectivity index (χ3n) is 3.70. The first kappa shape index (κ1) is 16.2. The molecule has 116 valence electrons. The zero-order valence-electron chi connectivity index (χ0n) is 13.2. The summed E-state index contributed by atoms with van der Waals surface area (Å²) in [5.74, 6) is 0.0845. The largest absolute Gasteiger partial charge is 0.312 e. The molecule has 1 unspecified atom stereocenters. The summed E-state index contributed by atoms with van der Waals surface area (Å²) in [5.41, 5.74) is 2.10. The van der Waals surface area contributed by atoms with Gasteiger partial charge in [-0.3, -0.25) is 9.78 Å². The van der Waals surface area contributed by atoms with Gasteiger partial charge in [0.25, 0.3) is 0 Å². The van der Waals surface area contributed by atoms with Gasteiger partial charge in [0.05, 0.1) is 6.54 Å². The number of aromatic nitrogens is 1. The number of benzene rings is 1. The van der Waals surface area contributed by atoms with Crippen LogP contribution in [-0.4, -0.2) is 24.0 Å². The van der Waals surface area contributed by atoms with E-state index in [1.54, 1.807) is 17.3 Å². The van der Waals surface area contributed by atoms with Crippen molar-refractivity contribution < 1.29 is 4.79 Å². The molecule has 0 bridgehead atoms. The number of para-hydroxylation sites is 1. The standard InChI is InChI=1S/C18H23N3O/c1-3-17(15-10-12-19-13-11-15)20-14-18(22)21(4-2)16-8-6-5-7-9-16/h5-13,17,20H,3-4,14H2,1-2H3. The van der Waals surface area contributed by atoms with E-state index in [0.29, 0.717) is 13.1 Å². The molecule has 4 heteroatoms. The van der Waals surface area contributed by atoms with E-state index in [0.717, 1.165) is 17.7 Å². The molecule has 1 aromatic carbocycles. The van der Waals surface area contributed by atoms with Crippen LogP contribution in [0.3, 0.4) is 0 Å². The van der Waals surface area contributed by atoms with Gasteiger partial charge in [-0.05, 0) is 43.2 Å². The SMILES string of the molecule is CCC(NCC(=O)N(CC)c1ccccc1)c1ccncc1.